The van der Waals surface area contributed by atoms with E-state index in [0.717, 1.165) is 32.8 Å². The molecule has 0 unspecified atom stereocenters. The largest absolute Gasteiger partial charge is 0.346 e. The molecule has 0 heterocycles. The molecule has 0 aliphatic heterocycles. The monoisotopic (exact) mass is 370 g/mol. The summed E-state index contributed by atoms with van der Waals surface area (Å²) in [5.41, 5.74) is 6.34. The fourth-order valence-corrected chi connectivity index (χ4v) is 3.75. The molecule has 138 valence electrons. The minimum Gasteiger partial charge on any atom is -0.346 e. The van der Waals surface area contributed by atoms with Crippen LogP contribution in [0.5, 0.6) is 0 Å². The molecule has 0 radical (unpaired) electrons. The predicted molar refractivity (Wildman–Crippen MR) is 109 cm³/mol. The fourth-order valence-electron chi connectivity index (χ4n) is 2.80. The van der Waals surface area contributed by atoms with Crippen molar-refractivity contribution in [2.45, 2.75) is 39.5 Å². The Morgan fingerprint density at radius 2 is 1.50 bits per heavy atom. The Morgan fingerprint density at radius 1 is 0.846 bits per heavy atom. The number of nitrogens with one attached hydrogen (secondary N) is 2. The maximum atomic E-state index is 12.1. The van der Waals surface area contributed by atoms with Crippen molar-refractivity contribution in [3.05, 3.63) is 58.1 Å². The summed E-state index contributed by atoms with van der Waals surface area (Å²) in [6.45, 7) is 9.99. The maximum absolute atomic E-state index is 12.1. The lowest BCUT2D eigenvalue weighted by Gasteiger charge is -2.13. The summed E-state index contributed by atoms with van der Waals surface area (Å²) in [6, 6.07) is 10.2. The van der Waals surface area contributed by atoms with Gasteiger partial charge in [0, 0.05) is 10.6 Å². The average Bonchev–Trinajstić information content (AvgIpc) is 2.57. The fraction of sp³-hybridized carbons (Fsp3) is 0.333. The number of hydrogen-bond acceptors (Lipinski definition) is 3. The highest BCUT2D eigenvalue weighted by Gasteiger charge is 2.10. The first-order chi connectivity index (χ1) is 12.3. The third kappa shape index (κ3) is 5.63. The Kier molecular flexibility index (Phi) is 6.86. The zero-order valence-electron chi connectivity index (χ0n) is 16.0. The highest BCUT2D eigenvalue weighted by molar-refractivity contribution is 8.00. The third-order valence-electron chi connectivity index (χ3n) is 4.09. The van der Waals surface area contributed by atoms with Crippen molar-refractivity contribution in [1.29, 1.82) is 0 Å². The Hall–Kier alpha value is -2.27. The molecule has 2 rings (SSSR count). The molecule has 2 N–H and O–H groups in total. The van der Waals surface area contributed by atoms with Crippen molar-refractivity contribution >= 4 is 29.3 Å². The molecular weight excluding hydrogens is 344 g/mol. The van der Waals surface area contributed by atoms with Gasteiger partial charge >= 0.3 is 0 Å². The zero-order valence-corrected chi connectivity index (χ0v) is 16.8. The van der Waals surface area contributed by atoms with Crippen molar-refractivity contribution in [1.82, 2.24) is 5.32 Å². The average molecular weight is 371 g/mol. The van der Waals surface area contributed by atoms with Crippen molar-refractivity contribution < 1.29 is 9.59 Å². The van der Waals surface area contributed by atoms with Gasteiger partial charge in [0.25, 0.3) is 0 Å². The van der Waals surface area contributed by atoms with Crippen LogP contribution in [-0.4, -0.2) is 24.1 Å². The lowest BCUT2D eigenvalue weighted by atomic mass is 10.1. The van der Waals surface area contributed by atoms with E-state index in [2.05, 4.69) is 28.8 Å². The highest BCUT2D eigenvalue weighted by atomic mass is 32.2. The summed E-state index contributed by atoms with van der Waals surface area (Å²) < 4.78 is 0. The Balaban J connectivity index is 1.84. The van der Waals surface area contributed by atoms with Crippen LogP contribution in [0.1, 0.15) is 27.8 Å². The number of carbonyl (C=O) groups excluding carboxylic acids is 2. The molecule has 2 amide bonds. The molecule has 26 heavy (non-hydrogen) atoms. The van der Waals surface area contributed by atoms with Crippen LogP contribution in [0.15, 0.2) is 35.2 Å². The Morgan fingerprint density at radius 3 is 2.15 bits per heavy atom. The van der Waals surface area contributed by atoms with Gasteiger partial charge in [-0.2, -0.15) is 0 Å². The van der Waals surface area contributed by atoms with E-state index in [-0.39, 0.29) is 18.4 Å². The molecule has 0 fully saturated rings. The number of rotatable bonds is 6. The van der Waals surface area contributed by atoms with Gasteiger partial charge < -0.3 is 10.6 Å². The van der Waals surface area contributed by atoms with Crippen molar-refractivity contribution in [3.8, 4) is 0 Å². The first kappa shape index (κ1) is 20.0. The van der Waals surface area contributed by atoms with Crippen LogP contribution < -0.4 is 10.6 Å². The number of thioether (sulfide) groups is 1. The second kappa shape index (κ2) is 8.90. The Labute approximate surface area is 159 Å². The van der Waals surface area contributed by atoms with Crippen molar-refractivity contribution in [2.75, 3.05) is 17.6 Å². The number of anilines is 1. The van der Waals surface area contributed by atoms with E-state index in [1.807, 2.05) is 46.8 Å². The van der Waals surface area contributed by atoms with E-state index in [0.29, 0.717) is 5.75 Å². The topological polar surface area (TPSA) is 58.2 Å². The number of carbonyl (C=O) groups is 2. The number of aryl methyl sites for hydroxylation is 5. The molecule has 0 saturated carbocycles. The quantitative estimate of drug-likeness (QED) is 0.754. The van der Waals surface area contributed by atoms with E-state index >= 15 is 0 Å². The maximum Gasteiger partial charge on any atom is 0.243 e. The van der Waals surface area contributed by atoms with E-state index in [1.165, 1.54) is 17.3 Å². The first-order valence-corrected chi connectivity index (χ1v) is 9.59. The van der Waals surface area contributed by atoms with Crippen LogP contribution in [0.4, 0.5) is 5.69 Å². The molecule has 0 spiro atoms. The van der Waals surface area contributed by atoms with Crippen LogP contribution in [-0.2, 0) is 9.59 Å². The van der Waals surface area contributed by atoms with Crippen LogP contribution in [0.25, 0.3) is 0 Å². The normalized spacial score (nSPS) is 10.5. The summed E-state index contributed by atoms with van der Waals surface area (Å²) in [5.74, 6) is -0.0753. The lowest BCUT2D eigenvalue weighted by Crippen LogP contribution is -2.34. The minimum atomic E-state index is -0.217. The van der Waals surface area contributed by atoms with Gasteiger partial charge in [-0.05, 0) is 57.4 Å². The molecule has 0 aliphatic carbocycles. The summed E-state index contributed by atoms with van der Waals surface area (Å²) in [6.07, 6.45) is 0. The summed E-state index contributed by atoms with van der Waals surface area (Å²) >= 11 is 1.49. The smallest absolute Gasteiger partial charge is 0.243 e. The number of benzene rings is 2. The zero-order chi connectivity index (χ0) is 19.3. The van der Waals surface area contributed by atoms with Crippen LogP contribution >= 0.6 is 11.8 Å². The molecule has 5 heteroatoms. The van der Waals surface area contributed by atoms with Gasteiger partial charge in [0.2, 0.25) is 11.8 Å². The summed E-state index contributed by atoms with van der Waals surface area (Å²) in [7, 11) is 0. The van der Waals surface area contributed by atoms with Crippen molar-refractivity contribution in [3.63, 3.8) is 0 Å². The highest BCUT2D eigenvalue weighted by Crippen LogP contribution is 2.23. The van der Waals surface area contributed by atoms with Crippen LogP contribution in [0.3, 0.4) is 0 Å². The SMILES string of the molecule is Cc1cc(C)c(NC(=O)CNC(=O)CSc2cc(C)ccc2C)c(C)c1. The number of amides is 2. The van der Waals surface area contributed by atoms with E-state index in [9.17, 15) is 9.59 Å². The first-order valence-electron chi connectivity index (χ1n) is 8.60. The summed E-state index contributed by atoms with van der Waals surface area (Å²) in [4.78, 5) is 25.3. The van der Waals surface area contributed by atoms with Gasteiger partial charge in [-0.15, -0.1) is 11.8 Å². The third-order valence-corrected chi connectivity index (χ3v) is 5.25. The van der Waals surface area contributed by atoms with Gasteiger partial charge in [-0.25, -0.2) is 0 Å². The molecular formula is C21H26N2O2S. The molecule has 0 atom stereocenters. The van der Waals surface area contributed by atoms with Gasteiger partial charge in [-0.3, -0.25) is 9.59 Å². The molecule has 0 bridgehead atoms. The number of hydrogen-bond donors (Lipinski definition) is 2. The van der Waals surface area contributed by atoms with Gasteiger partial charge in [0.1, 0.15) is 0 Å². The van der Waals surface area contributed by atoms with E-state index < -0.39 is 0 Å². The van der Waals surface area contributed by atoms with Crippen molar-refractivity contribution in [2.24, 2.45) is 0 Å². The molecule has 0 aliphatic rings. The molecule has 2 aromatic rings. The molecule has 0 saturated heterocycles. The van der Waals surface area contributed by atoms with Crippen LogP contribution in [0.2, 0.25) is 0 Å². The van der Waals surface area contributed by atoms with E-state index in [1.54, 1.807) is 0 Å². The van der Waals surface area contributed by atoms with Crippen LogP contribution in [0, 0.1) is 34.6 Å². The minimum absolute atomic E-state index is 0.0288. The van der Waals surface area contributed by atoms with Gasteiger partial charge in [0.05, 0.1) is 12.3 Å². The second-order valence-corrected chi connectivity index (χ2v) is 7.67. The van der Waals surface area contributed by atoms with Gasteiger partial charge in [0.15, 0.2) is 0 Å². The predicted octanol–water partition coefficient (Wildman–Crippen LogP) is 4.08. The van der Waals surface area contributed by atoms with E-state index in [4.69, 9.17) is 0 Å². The standard InChI is InChI=1S/C21H26N2O2S/c1-13-6-7-15(3)18(10-13)26-12-20(25)22-11-19(24)23-21-16(4)8-14(2)9-17(21)5/h6-10H,11-12H2,1-5H3,(H,22,25)(H,23,24). The Bertz CT molecular complexity index is 808. The van der Waals surface area contributed by atoms with Gasteiger partial charge in [-0.1, -0.05) is 35.4 Å². The second-order valence-electron chi connectivity index (χ2n) is 6.66. The lowest BCUT2D eigenvalue weighted by molar-refractivity contribution is -0.122. The molecule has 0 aromatic heterocycles. The summed E-state index contributed by atoms with van der Waals surface area (Å²) in [5, 5.41) is 5.58. The molecule has 2 aromatic carbocycles. The molecule has 4 nitrogen and oxygen atoms in total.